The van der Waals surface area contributed by atoms with E-state index in [1.807, 2.05) is 0 Å². The number of nitrogens with zero attached hydrogens (tertiary/aromatic N) is 2. The lowest BCUT2D eigenvalue weighted by Gasteiger charge is -2.23. The second kappa shape index (κ2) is 4.05. The zero-order valence-electron chi connectivity index (χ0n) is 9.21. The van der Waals surface area contributed by atoms with Crippen LogP contribution in [0.1, 0.15) is 30.3 Å². The molecule has 1 atom stereocenters. The minimum Gasteiger partial charge on any atom is -0.356 e. The van der Waals surface area contributed by atoms with Gasteiger partial charge in [0, 0.05) is 18.7 Å². The fourth-order valence-corrected chi connectivity index (χ4v) is 1.97. The summed E-state index contributed by atoms with van der Waals surface area (Å²) in [5, 5.41) is 6.19. The van der Waals surface area contributed by atoms with Crippen LogP contribution < -0.4 is 5.32 Å². The Morgan fingerprint density at radius 2 is 2.24 bits per heavy atom. The Labute approximate surface area is 95.8 Å². The van der Waals surface area contributed by atoms with Crippen molar-refractivity contribution in [3.63, 3.8) is 0 Å². The third kappa shape index (κ3) is 2.42. The molecule has 0 bridgehead atoms. The van der Waals surface area contributed by atoms with Gasteiger partial charge in [-0.25, -0.2) is 0 Å². The van der Waals surface area contributed by atoms with Crippen molar-refractivity contribution < 1.29 is 18.0 Å². The second-order valence-electron chi connectivity index (χ2n) is 4.11. The van der Waals surface area contributed by atoms with Crippen molar-refractivity contribution in [1.82, 2.24) is 15.1 Å². The highest BCUT2D eigenvalue weighted by atomic mass is 19.4. The van der Waals surface area contributed by atoms with Crippen LogP contribution in [0.4, 0.5) is 13.2 Å². The summed E-state index contributed by atoms with van der Waals surface area (Å²) in [5.41, 5.74) is -0.474. The van der Waals surface area contributed by atoms with Crippen LogP contribution in [0.25, 0.3) is 0 Å². The van der Waals surface area contributed by atoms with E-state index in [2.05, 4.69) is 10.4 Å². The van der Waals surface area contributed by atoms with E-state index in [4.69, 9.17) is 0 Å². The first-order chi connectivity index (χ1) is 7.88. The van der Waals surface area contributed by atoms with Gasteiger partial charge in [-0.05, 0) is 19.4 Å². The van der Waals surface area contributed by atoms with Crippen LogP contribution in [0.2, 0.25) is 0 Å². The third-order valence-electron chi connectivity index (χ3n) is 2.78. The number of nitrogens with one attached hydrogen (secondary N) is 1. The average molecular weight is 247 g/mol. The molecule has 1 aromatic heterocycles. The Hall–Kier alpha value is -1.53. The van der Waals surface area contributed by atoms with Gasteiger partial charge in [-0.1, -0.05) is 0 Å². The summed E-state index contributed by atoms with van der Waals surface area (Å²) in [6, 6.07) is 0.729. The van der Waals surface area contributed by atoms with Crippen LogP contribution in [-0.4, -0.2) is 22.2 Å². The highest BCUT2D eigenvalue weighted by molar-refractivity contribution is 5.77. The first kappa shape index (κ1) is 11.9. The minimum atomic E-state index is -4.44. The van der Waals surface area contributed by atoms with Gasteiger partial charge in [0.2, 0.25) is 5.91 Å². The predicted octanol–water partition coefficient (Wildman–Crippen LogP) is 1.66. The van der Waals surface area contributed by atoms with Crippen molar-refractivity contribution in [3.05, 3.63) is 17.5 Å². The van der Waals surface area contributed by atoms with Gasteiger partial charge in [-0.15, -0.1) is 0 Å². The maximum Gasteiger partial charge on any atom is 0.435 e. The lowest BCUT2D eigenvalue weighted by Crippen LogP contribution is -2.35. The zero-order chi connectivity index (χ0) is 12.6. The van der Waals surface area contributed by atoms with E-state index in [-0.39, 0.29) is 18.4 Å². The van der Waals surface area contributed by atoms with Crippen molar-refractivity contribution in [2.24, 2.45) is 0 Å². The number of carbonyl (C=O) groups is 1. The van der Waals surface area contributed by atoms with Crippen molar-refractivity contribution >= 4 is 5.91 Å². The summed E-state index contributed by atoms with van der Waals surface area (Å²) >= 11 is 0. The Kier molecular flexibility index (Phi) is 2.84. The second-order valence-corrected chi connectivity index (χ2v) is 4.11. The van der Waals surface area contributed by atoms with E-state index in [9.17, 15) is 18.0 Å². The molecule has 2 rings (SSSR count). The lowest BCUT2D eigenvalue weighted by atomic mass is 10.1. The predicted molar refractivity (Wildman–Crippen MR) is 53.2 cm³/mol. The molecule has 7 heteroatoms. The standard InChI is InChI=1S/C10H12F3N3O/c1-6-4-8(10(11,12)13)15-16(6)7-2-3-14-9(17)5-7/h4,7H,2-3,5H2,1H3,(H,14,17). The topological polar surface area (TPSA) is 46.9 Å². The molecule has 0 aromatic carbocycles. The lowest BCUT2D eigenvalue weighted by molar-refractivity contribution is -0.141. The van der Waals surface area contributed by atoms with Gasteiger partial charge in [0.05, 0.1) is 6.04 Å². The number of aromatic nitrogens is 2. The Bertz CT molecular complexity index is 438. The summed E-state index contributed by atoms with van der Waals surface area (Å²) in [6.07, 6.45) is -3.65. The van der Waals surface area contributed by atoms with Crippen molar-refractivity contribution in [1.29, 1.82) is 0 Å². The van der Waals surface area contributed by atoms with Gasteiger partial charge in [0.1, 0.15) is 0 Å². The summed E-state index contributed by atoms with van der Waals surface area (Å²) in [6.45, 7) is 2.04. The van der Waals surface area contributed by atoms with E-state index in [1.165, 1.54) is 4.68 Å². The molecule has 1 fully saturated rings. The highest BCUT2D eigenvalue weighted by Gasteiger charge is 2.35. The van der Waals surface area contributed by atoms with Gasteiger partial charge in [0.15, 0.2) is 5.69 Å². The largest absolute Gasteiger partial charge is 0.435 e. The molecular weight excluding hydrogens is 235 g/mol. The molecule has 0 spiro atoms. The van der Waals surface area contributed by atoms with Crippen LogP contribution in [0.5, 0.6) is 0 Å². The van der Waals surface area contributed by atoms with Gasteiger partial charge >= 0.3 is 6.18 Å². The SMILES string of the molecule is Cc1cc(C(F)(F)F)nn1C1CCNC(=O)C1. The van der Waals surface area contributed by atoms with Crippen molar-refractivity contribution in [2.45, 2.75) is 32.0 Å². The molecule has 0 saturated carbocycles. The number of hydrogen-bond acceptors (Lipinski definition) is 2. The first-order valence-electron chi connectivity index (χ1n) is 5.28. The third-order valence-corrected chi connectivity index (χ3v) is 2.78. The van der Waals surface area contributed by atoms with Crippen LogP contribution in [0.15, 0.2) is 6.07 Å². The van der Waals surface area contributed by atoms with Gasteiger partial charge in [-0.3, -0.25) is 9.48 Å². The summed E-state index contributed by atoms with van der Waals surface area (Å²) < 4.78 is 38.7. The van der Waals surface area contributed by atoms with E-state index >= 15 is 0 Å². The van der Waals surface area contributed by atoms with E-state index < -0.39 is 11.9 Å². The van der Waals surface area contributed by atoms with E-state index in [0.717, 1.165) is 6.07 Å². The molecular formula is C10H12F3N3O. The van der Waals surface area contributed by atoms with Gasteiger partial charge < -0.3 is 5.32 Å². The molecule has 4 nitrogen and oxygen atoms in total. The average Bonchev–Trinajstić information content (AvgIpc) is 2.60. The summed E-state index contributed by atoms with van der Waals surface area (Å²) in [5.74, 6) is -0.148. The Balaban J connectivity index is 2.26. The number of alkyl halides is 3. The number of carbonyl (C=O) groups excluding carboxylic acids is 1. The van der Waals surface area contributed by atoms with Crippen LogP contribution in [-0.2, 0) is 11.0 Å². The molecule has 1 saturated heterocycles. The van der Waals surface area contributed by atoms with Gasteiger partial charge in [0.25, 0.3) is 0 Å². The molecule has 0 aliphatic carbocycles. The summed E-state index contributed by atoms with van der Waals surface area (Å²) in [7, 11) is 0. The number of halogens is 3. The maximum atomic E-state index is 12.5. The fraction of sp³-hybridized carbons (Fsp3) is 0.600. The maximum absolute atomic E-state index is 12.5. The number of hydrogen-bond donors (Lipinski definition) is 1. The monoisotopic (exact) mass is 247 g/mol. The quantitative estimate of drug-likeness (QED) is 0.820. The molecule has 17 heavy (non-hydrogen) atoms. The Morgan fingerprint density at radius 1 is 1.53 bits per heavy atom. The number of piperidine rings is 1. The van der Waals surface area contributed by atoms with E-state index in [0.29, 0.717) is 18.7 Å². The van der Waals surface area contributed by atoms with Crippen LogP contribution >= 0.6 is 0 Å². The number of aryl methyl sites for hydroxylation is 1. The number of amides is 1. The molecule has 2 heterocycles. The first-order valence-corrected chi connectivity index (χ1v) is 5.28. The molecule has 1 unspecified atom stereocenters. The smallest absolute Gasteiger partial charge is 0.356 e. The van der Waals surface area contributed by atoms with Crippen molar-refractivity contribution in [3.8, 4) is 0 Å². The molecule has 1 aliphatic rings. The molecule has 1 aliphatic heterocycles. The fourth-order valence-electron chi connectivity index (χ4n) is 1.97. The Morgan fingerprint density at radius 3 is 2.76 bits per heavy atom. The van der Waals surface area contributed by atoms with Crippen LogP contribution in [0.3, 0.4) is 0 Å². The minimum absolute atomic E-state index is 0.148. The highest BCUT2D eigenvalue weighted by Crippen LogP contribution is 2.30. The zero-order valence-corrected chi connectivity index (χ0v) is 9.21. The molecule has 1 N–H and O–H groups in total. The molecule has 94 valence electrons. The summed E-state index contributed by atoms with van der Waals surface area (Å²) in [4.78, 5) is 11.2. The van der Waals surface area contributed by atoms with E-state index in [1.54, 1.807) is 6.92 Å². The van der Waals surface area contributed by atoms with Gasteiger partial charge in [-0.2, -0.15) is 18.3 Å². The van der Waals surface area contributed by atoms with Crippen molar-refractivity contribution in [2.75, 3.05) is 6.54 Å². The number of rotatable bonds is 1. The normalized spacial score (nSPS) is 21.4. The molecule has 1 aromatic rings. The molecule has 0 radical (unpaired) electrons. The molecule has 1 amide bonds. The van der Waals surface area contributed by atoms with Crippen LogP contribution in [0, 0.1) is 6.92 Å².